The van der Waals surface area contributed by atoms with Gasteiger partial charge in [-0.05, 0) is 19.8 Å². The molecule has 1 fully saturated rings. The van der Waals surface area contributed by atoms with E-state index in [4.69, 9.17) is 11.5 Å². The van der Waals surface area contributed by atoms with Gasteiger partial charge in [0.15, 0.2) is 0 Å². The molecule has 1 aliphatic heterocycles. The van der Waals surface area contributed by atoms with E-state index in [1.807, 2.05) is 6.92 Å². The summed E-state index contributed by atoms with van der Waals surface area (Å²) in [6.07, 6.45) is 2.86. The molecule has 5 nitrogen and oxygen atoms in total. The summed E-state index contributed by atoms with van der Waals surface area (Å²) in [7, 11) is 0. The zero-order valence-corrected chi connectivity index (χ0v) is 9.03. The van der Waals surface area contributed by atoms with Crippen molar-refractivity contribution in [1.82, 2.24) is 5.32 Å². The van der Waals surface area contributed by atoms with Crippen LogP contribution in [0.1, 0.15) is 19.8 Å². The standard InChI is InChI=1S/C7H13N3O2.C3H6/c8-5(6(9)11)3-4-1-2-10-7(4)12;1-3-2/h4-5H,1-3,8H2,(H2,9,11)(H,10,12);3H,1H2,2H3. The minimum absolute atomic E-state index is 0.0216. The molecule has 0 spiro atoms. The summed E-state index contributed by atoms with van der Waals surface area (Å²) in [6, 6.07) is -0.696. The van der Waals surface area contributed by atoms with Crippen molar-refractivity contribution in [3.63, 3.8) is 0 Å². The maximum Gasteiger partial charge on any atom is 0.234 e. The van der Waals surface area contributed by atoms with Gasteiger partial charge >= 0.3 is 0 Å². The molecule has 0 saturated carbocycles. The van der Waals surface area contributed by atoms with E-state index in [2.05, 4.69) is 11.9 Å². The first-order valence-corrected chi connectivity index (χ1v) is 4.92. The highest BCUT2D eigenvalue weighted by Gasteiger charge is 2.27. The lowest BCUT2D eigenvalue weighted by Crippen LogP contribution is -2.39. The summed E-state index contributed by atoms with van der Waals surface area (Å²) >= 11 is 0. The largest absolute Gasteiger partial charge is 0.368 e. The van der Waals surface area contributed by atoms with Gasteiger partial charge in [-0.25, -0.2) is 0 Å². The van der Waals surface area contributed by atoms with Gasteiger partial charge < -0.3 is 16.8 Å². The van der Waals surface area contributed by atoms with E-state index in [0.717, 1.165) is 6.42 Å². The molecule has 0 aromatic carbocycles. The lowest BCUT2D eigenvalue weighted by atomic mass is 9.99. The highest BCUT2D eigenvalue weighted by atomic mass is 16.2. The van der Waals surface area contributed by atoms with Crippen LogP contribution < -0.4 is 16.8 Å². The van der Waals surface area contributed by atoms with Crippen LogP contribution in [0.2, 0.25) is 0 Å². The van der Waals surface area contributed by atoms with Crippen molar-refractivity contribution in [1.29, 1.82) is 0 Å². The minimum atomic E-state index is -0.696. The highest BCUT2D eigenvalue weighted by molar-refractivity contribution is 5.83. The summed E-state index contributed by atoms with van der Waals surface area (Å²) in [5.74, 6) is -0.700. The molecule has 86 valence electrons. The van der Waals surface area contributed by atoms with Crippen molar-refractivity contribution in [2.75, 3.05) is 6.54 Å². The van der Waals surface area contributed by atoms with E-state index < -0.39 is 11.9 Å². The van der Waals surface area contributed by atoms with Crippen molar-refractivity contribution in [2.45, 2.75) is 25.8 Å². The third-order valence-corrected chi connectivity index (χ3v) is 2.07. The molecule has 0 aliphatic carbocycles. The highest BCUT2D eigenvalue weighted by Crippen LogP contribution is 2.14. The Morgan fingerprint density at radius 2 is 2.33 bits per heavy atom. The molecule has 1 heterocycles. The second-order valence-corrected chi connectivity index (χ2v) is 3.43. The van der Waals surface area contributed by atoms with Gasteiger partial charge in [-0.3, -0.25) is 9.59 Å². The minimum Gasteiger partial charge on any atom is -0.368 e. The quantitative estimate of drug-likeness (QED) is 0.552. The zero-order valence-electron chi connectivity index (χ0n) is 9.03. The number of hydrogen-bond acceptors (Lipinski definition) is 3. The van der Waals surface area contributed by atoms with Gasteiger partial charge in [0.1, 0.15) is 0 Å². The van der Waals surface area contributed by atoms with Gasteiger partial charge in [0.2, 0.25) is 11.8 Å². The average molecular weight is 213 g/mol. The molecule has 5 heteroatoms. The first-order valence-electron chi connectivity index (χ1n) is 4.92. The molecule has 0 bridgehead atoms. The molecule has 1 aliphatic rings. The second-order valence-electron chi connectivity index (χ2n) is 3.43. The maximum atomic E-state index is 11.0. The zero-order chi connectivity index (χ0) is 11.8. The summed E-state index contributed by atoms with van der Waals surface area (Å²) in [5.41, 5.74) is 10.4. The Morgan fingerprint density at radius 1 is 1.80 bits per heavy atom. The number of hydrogen-bond donors (Lipinski definition) is 3. The van der Waals surface area contributed by atoms with Gasteiger partial charge in [-0.1, -0.05) is 6.08 Å². The lowest BCUT2D eigenvalue weighted by Gasteiger charge is -2.10. The Labute approximate surface area is 89.9 Å². The maximum absolute atomic E-state index is 11.0. The van der Waals surface area contributed by atoms with Crippen LogP contribution in [-0.2, 0) is 9.59 Å². The third-order valence-electron chi connectivity index (χ3n) is 2.07. The van der Waals surface area contributed by atoms with Gasteiger partial charge in [0.05, 0.1) is 6.04 Å². The van der Waals surface area contributed by atoms with Crippen LogP contribution in [0.15, 0.2) is 12.7 Å². The van der Waals surface area contributed by atoms with Crippen LogP contribution in [0.5, 0.6) is 0 Å². The number of rotatable bonds is 3. The molecule has 0 radical (unpaired) electrons. The number of carbonyl (C=O) groups is 2. The van der Waals surface area contributed by atoms with Crippen molar-refractivity contribution in [3.8, 4) is 0 Å². The predicted molar refractivity (Wildman–Crippen MR) is 58.8 cm³/mol. The Balaban J connectivity index is 0.000000583. The summed E-state index contributed by atoms with van der Waals surface area (Å²) in [4.78, 5) is 21.6. The first-order chi connectivity index (χ1) is 7.02. The van der Waals surface area contributed by atoms with Gasteiger partial charge in [-0.15, -0.1) is 6.58 Å². The van der Waals surface area contributed by atoms with Crippen LogP contribution in [-0.4, -0.2) is 24.4 Å². The Kier molecular flexibility index (Phi) is 6.37. The molecule has 0 aromatic rings. The van der Waals surface area contributed by atoms with Crippen molar-refractivity contribution < 1.29 is 9.59 Å². The smallest absolute Gasteiger partial charge is 0.234 e. The molecule has 15 heavy (non-hydrogen) atoms. The summed E-state index contributed by atoms with van der Waals surface area (Å²) < 4.78 is 0. The fourth-order valence-electron chi connectivity index (χ4n) is 1.29. The third kappa shape index (κ3) is 5.17. The van der Waals surface area contributed by atoms with Crippen LogP contribution in [0.3, 0.4) is 0 Å². The van der Waals surface area contributed by atoms with Crippen LogP contribution in [0, 0.1) is 5.92 Å². The van der Waals surface area contributed by atoms with Crippen molar-refractivity contribution >= 4 is 11.8 Å². The molecule has 1 rings (SSSR count). The first kappa shape index (κ1) is 13.6. The average Bonchev–Trinajstić information content (AvgIpc) is 2.53. The molecule has 2 atom stereocenters. The van der Waals surface area contributed by atoms with E-state index in [-0.39, 0.29) is 11.8 Å². The number of carbonyl (C=O) groups excluding carboxylic acids is 2. The number of primary amides is 1. The predicted octanol–water partition coefficient (Wildman–Crippen LogP) is -0.482. The van der Waals surface area contributed by atoms with E-state index in [1.165, 1.54) is 0 Å². The summed E-state index contributed by atoms with van der Waals surface area (Å²) in [5, 5.41) is 2.67. The fourth-order valence-corrected chi connectivity index (χ4v) is 1.29. The van der Waals surface area contributed by atoms with Crippen LogP contribution in [0.4, 0.5) is 0 Å². The SMILES string of the molecule is C=CC.NC(=O)C(N)CC1CCNC1=O. The van der Waals surface area contributed by atoms with Gasteiger partial charge in [0, 0.05) is 12.5 Å². The second kappa shape index (κ2) is 7.00. The lowest BCUT2D eigenvalue weighted by molar-refractivity contribution is -0.123. The fraction of sp³-hybridized carbons (Fsp3) is 0.600. The Bertz CT molecular complexity index is 241. The molecular formula is C10H19N3O2. The molecular weight excluding hydrogens is 194 g/mol. The molecule has 1 saturated heterocycles. The van der Waals surface area contributed by atoms with Gasteiger partial charge in [-0.2, -0.15) is 0 Å². The van der Waals surface area contributed by atoms with Crippen molar-refractivity contribution in [2.24, 2.45) is 17.4 Å². The van der Waals surface area contributed by atoms with Crippen LogP contribution >= 0.6 is 0 Å². The number of amides is 2. The van der Waals surface area contributed by atoms with Crippen molar-refractivity contribution in [3.05, 3.63) is 12.7 Å². The molecule has 2 amide bonds. The normalized spacial score (nSPS) is 20.9. The topological polar surface area (TPSA) is 98.2 Å². The number of allylic oxidation sites excluding steroid dienone is 1. The van der Waals surface area contributed by atoms with E-state index >= 15 is 0 Å². The molecule has 5 N–H and O–H groups in total. The van der Waals surface area contributed by atoms with Gasteiger partial charge in [0.25, 0.3) is 0 Å². The summed E-state index contributed by atoms with van der Waals surface area (Å²) in [6.45, 7) is 5.93. The van der Waals surface area contributed by atoms with E-state index in [1.54, 1.807) is 6.08 Å². The monoisotopic (exact) mass is 213 g/mol. The molecule has 0 aromatic heterocycles. The number of nitrogens with one attached hydrogen (secondary N) is 1. The number of nitrogens with two attached hydrogens (primary N) is 2. The van der Waals surface area contributed by atoms with E-state index in [9.17, 15) is 9.59 Å². The van der Waals surface area contributed by atoms with E-state index in [0.29, 0.717) is 13.0 Å². The Hall–Kier alpha value is -1.36. The molecule has 2 unspecified atom stereocenters. The Morgan fingerprint density at radius 3 is 2.67 bits per heavy atom. The van der Waals surface area contributed by atoms with Crippen LogP contribution in [0.25, 0.3) is 0 Å².